The normalized spacial score (nSPS) is 13.8. The van der Waals surface area contributed by atoms with Gasteiger partial charge in [0.2, 0.25) is 0 Å². The van der Waals surface area contributed by atoms with Crippen molar-refractivity contribution < 1.29 is 8.83 Å². The molecule has 0 radical (unpaired) electrons. The minimum atomic E-state index is -0.213. The van der Waals surface area contributed by atoms with Crippen molar-refractivity contribution in [2.24, 2.45) is 0 Å². The molecule has 65 heavy (non-hydrogen) atoms. The minimum absolute atomic E-state index is 0.00396. The summed E-state index contributed by atoms with van der Waals surface area (Å²) in [6.07, 6.45) is 0. The van der Waals surface area contributed by atoms with Gasteiger partial charge in [-0.05, 0) is 104 Å². The van der Waals surface area contributed by atoms with Crippen molar-refractivity contribution in [3.8, 4) is 22.3 Å². The Morgan fingerprint density at radius 3 is 1.68 bits per heavy atom. The summed E-state index contributed by atoms with van der Waals surface area (Å²) in [6, 6.07) is 58.7. The first-order chi connectivity index (χ1) is 31.1. The average molecular weight is 845 g/mol. The number of hydrogen-bond donors (Lipinski definition) is 0. The topological polar surface area (TPSA) is 32.8 Å². The highest BCUT2D eigenvalue weighted by atomic mass is 16.3. The maximum absolute atomic E-state index is 7.15. The van der Waals surface area contributed by atoms with Crippen molar-refractivity contribution in [3.05, 3.63) is 174 Å². The van der Waals surface area contributed by atoms with E-state index in [1.807, 2.05) is 0 Å². The fourth-order valence-corrected chi connectivity index (χ4v) is 10.6. The molecule has 4 heterocycles. The van der Waals surface area contributed by atoms with E-state index in [1.165, 1.54) is 44.4 Å². The first kappa shape index (κ1) is 39.6. The van der Waals surface area contributed by atoms with Gasteiger partial charge in [-0.15, -0.1) is 0 Å². The first-order valence-electron chi connectivity index (χ1n) is 23.1. The van der Waals surface area contributed by atoms with Crippen LogP contribution in [0, 0.1) is 0 Å². The van der Waals surface area contributed by atoms with E-state index in [-0.39, 0.29) is 23.1 Å². The van der Waals surface area contributed by atoms with Crippen LogP contribution < -0.4 is 20.6 Å². The van der Waals surface area contributed by atoms with Gasteiger partial charge in [0.15, 0.2) is 0 Å². The summed E-state index contributed by atoms with van der Waals surface area (Å²) in [4.78, 5) is 5.17. The summed E-state index contributed by atoms with van der Waals surface area (Å²) in [5.74, 6) is 0. The summed E-state index contributed by atoms with van der Waals surface area (Å²) in [5.41, 5.74) is 20.1. The predicted molar refractivity (Wildman–Crippen MR) is 276 cm³/mol. The lowest BCUT2D eigenvalue weighted by Crippen LogP contribution is -2.61. The summed E-state index contributed by atoms with van der Waals surface area (Å²) in [5, 5.41) is 4.41. The number of benzene rings is 8. The van der Waals surface area contributed by atoms with E-state index in [9.17, 15) is 0 Å². The first-order valence-corrected chi connectivity index (χ1v) is 23.1. The van der Waals surface area contributed by atoms with E-state index < -0.39 is 0 Å². The Balaban J connectivity index is 1.27. The Bertz CT molecular complexity index is 3560. The van der Waals surface area contributed by atoms with Crippen LogP contribution in [0.15, 0.2) is 167 Å². The molecule has 0 saturated carbocycles. The smallest absolute Gasteiger partial charge is 0.333 e. The molecule has 4 nitrogen and oxygen atoms in total. The molecule has 10 aromatic rings. The minimum Gasteiger partial charge on any atom is -0.456 e. The Morgan fingerprint density at radius 2 is 1.00 bits per heavy atom. The maximum atomic E-state index is 7.15. The molecule has 318 valence electrons. The van der Waals surface area contributed by atoms with Crippen LogP contribution in [0.5, 0.6) is 0 Å². The van der Waals surface area contributed by atoms with Crippen molar-refractivity contribution in [1.82, 2.24) is 0 Å². The zero-order valence-corrected chi connectivity index (χ0v) is 38.8. The van der Waals surface area contributed by atoms with E-state index >= 15 is 0 Å². The number of para-hydroxylation sites is 2. The van der Waals surface area contributed by atoms with Crippen LogP contribution in [0.4, 0.5) is 28.4 Å². The molecule has 0 fully saturated rings. The molecule has 8 aromatic carbocycles. The lowest BCUT2D eigenvalue weighted by molar-refractivity contribution is 0.590. The van der Waals surface area contributed by atoms with Gasteiger partial charge in [0, 0.05) is 67.1 Å². The number of rotatable bonds is 3. The van der Waals surface area contributed by atoms with Crippen LogP contribution >= 0.6 is 0 Å². The molecule has 12 rings (SSSR count). The highest BCUT2D eigenvalue weighted by Crippen LogP contribution is 2.53. The summed E-state index contributed by atoms with van der Waals surface area (Å²) >= 11 is 0. The lowest BCUT2D eigenvalue weighted by atomic mass is 9.43. The van der Waals surface area contributed by atoms with Crippen LogP contribution in [0.2, 0.25) is 0 Å². The van der Waals surface area contributed by atoms with Gasteiger partial charge >= 0.3 is 6.85 Å². The molecular formula is C60H53BN2O2. The van der Waals surface area contributed by atoms with Crippen LogP contribution in [-0.4, -0.2) is 6.85 Å². The van der Waals surface area contributed by atoms with E-state index in [0.717, 1.165) is 77.8 Å². The van der Waals surface area contributed by atoms with Crippen molar-refractivity contribution in [1.29, 1.82) is 0 Å². The molecule has 0 amide bonds. The van der Waals surface area contributed by atoms with E-state index in [1.54, 1.807) is 0 Å². The van der Waals surface area contributed by atoms with Crippen molar-refractivity contribution in [2.45, 2.75) is 78.6 Å². The third-order valence-corrected chi connectivity index (χ3v) is 14.1. The van der Waals surface area contributed by atoms with E-state index in [0.29, 0.717) is 0 Å². The van der Waals surface area contributed by atoms with Gasteiger partial charge in [-0.25, -0.2) is 0 Å². The molecule has 0 N–H and O–H groups in total. The van der Waals surface area contributed by atoms with Crippen molar-refractivity contribution in [2.75, 3.05) is 9.71 Å². The number of hydrogen-bond acceptors (Lipinski definition) is 4. The van der Waals surface area contributed by atoms with Crippen molar-refractivity contribution >= 4 is 90.1 Å². The Hall–Kier alpha value is -6.98. The number of anilines is 5. The Labute approximate surface area is 382 Å². The summed E-state index contributed by atoms with van der Waals surface area (Å²) in [7, 11) is 0. The maximum Gasteiger partial charge on any atom is 0.333 e. The van der Waals surface area contributed by atoms with Gasteiger partial charge in [-0.2, -0.15) is 0 Å². The summed E-state index contributed by atoms with van der Waals surface area (Å²) in [6.45, 7) is 20.5. The molecule has 0 spiro atoms. The monoisotopic (exact) mass is 844 g/mol. The SMILES string of the molecule is CC(C)(C)c1ccc(N2B3c4cc(C(C)(C)C)ccc4N(c4ccc(C(C)(C)C)cc4-c4ccccc4)c4cc5c(oc6ccccc65)c(c43)-c3cc4c(cc32)oc2ccccc24)cc1. The van der Waals surface area contributed by atoms with Gasteiger partial charge in [0.25, 0.3) is 0 Å². The summed E-state index contributed by atoms with van der Waals surface area (Å²) < 4.78 is 13.9. The Morgan fingerprint density at radius 1 is 0.415 bits per heavy atom. The molecular weight excluding hydrogens is 791 g/mol. The standard InChI is InChI=1S/C60H53BN2O2/c1-58(2,3)37-23-27-40(28-24-37)63-50-35-54-44(41-19-13-15-21-52(41)64-54)33-46(50)55-56-51(34-45-42-20-14-16-22-53(42)65-57(45)55)62(49-30-26-39(60(7,8)9)32-47(49)61(56)63)48-29-25-38(59(4,5)6)31-43(48)36-17-11-10-12-18-36/h10-35H,1-9H3. The van der Waals surface area contributed by atoms with Gasteiger partial charge in [-0.1, -0.05) is 159 Å². The van der Waals surface area contributed by atoms with Crippen molar-refractivity contribution in [3.63, 3.8) is 0 Å². The third kappa shape index (κ3) is 6.04. The molecule has 2 aliphatic rings. The molecule has 5 heteroatoms. The van der Waals surface area contributed by atoms with Gasteiger partial charge in [-0.3, -0.25) is 0 Å². The molecule has 2 aromatic heterocycles. The average Bonchev–Trinajstić information content (AvgIpc) is 3.85. The van der Waals surface area contributed by atoms with E-state index in [2.05, 4.69) is 230 Å². The van der Waals surface area contributed by atoms with Gasteiger partial charge < -0.3 is 18.5 Å². The zero-order valence-electron chi connectivity index (χ0n) is 38.8. The Kier molecular flexibility index (Phi) is 8.39. The van der Waals surface area contributed by atoms with Crippen LogP contribution in [0.3, 0.4) is 0 Å². The molecule has 0 bridgehead atoms. The highest BCUT2D eigenvalue weighted by molar-refractivity contribution is 6.94. The van der Waals surface area contributed by atoms with Crippen LogP contribution in [0.1, 0.15) is 79.0 Å². The second-order valence-corrected chi connectivity index (χ2v) is 21.4. The second kappa shape index (κ2) is 13.8. The van der Waals surface area contributed by atoms with E-state index in [4.69, 9.17) is 8.83 Å². The molecule has 0 saturated heterocycles. The fraction of sp³-hybridized carbons (Fsp3) is 0.200. The molecule has 2 aliphatic heterocycles. The van der Waals surface area contributed by atoms with Gasteiger partial charge in [0.1, 0.15) is 22.3 Å². The zero-order chi connectivity index (χ0) is 44.7. The number of fused-ring (bicyclic) bond motifs is 11. The molecule has 0 aliphatic carbocycles. The quantitative estimate of drug-likeness (QED) is 0.166. The molecule has 0 unspecified atom stereocenters. The highest BCUT2D eigenvalue weighted by Gasteiger charge is 2.47. The van der Waals surface area contributed by atoms with Crippen LogP contribution in [-0.2, 0) is 16.2 Å². The molecule has 0 atom stereocenters. The van der Waals surface area contributed by atoms with Crippen LogP contribution in [0.25, 0.3) is 66.1 Å². The van der Waals surface area contributed by atoms with Gasteiger partial charge in [0.05, 0.1) is 5.69 Å². The lowest BCUT2D eigenvalue weighted by Gasteiger charge is -2.46. The predicted octanol–water partition coefficient (Wildman–Crippen LogP) is 15.8. The number of furan rings is 2. The third-order valence-electron chi connectivity index (χ3n) is 14.1. The fourth-order valence-electron chi connectivity index (χ4n) is 10.6. The largest absolute Gasteiger partial charge is 0.456 e. The number of nitrogens with zero attached hydrogens (tertiary/aromatic N) is 2. The second-order valence-electron chi connectivity index (χ2n) is 21.4.